The number of hydrogen-bond acceptors (Lipinski definition) is 3. The van der Waals surface area contributed by atoms with Gasteiger partial charge in [-0.1, -0.05) is 18.2 Å². The fraction of sp³-hybridized carbons (Fsp3) is 0.533. The standard InChI is InChI=1S/C15H24N2O2/c1-12(2)19-10-9-15(18)17-13(3)11-16-14-7-5-4-6-8-14/h4-8,12-13,16H,9-11H2,1-3H3,(H,17,18). The van der Waals surface area contributed by atoms with E-state index in [1.807, 2.05) is 51.1 Å². The summed E-state index contributed by atoms with van der Waals surface area (Å²) in [4.78, 5) is 11.6. The first kappa shape index (κ1) is 15.5. The molecule has 0 aliphatic heterocycles. The fourth-order valence-corrected chi connectivity index (χ4v) is 1.61. The van der Waals surface area contributed by atoms with Crippen molar-refractivity contribution in [1.29, 1.82) is 0 Å². The fourth-order valence-electron chi connectivity index (χ4n) is 1.61. The molecule has 1 aromatic carbocycles. The minimum atomic E-state index is 0.0306. The topological polar surface area (TPSA) is 50.4 Å². The van der Waals surface area contributed by atoms with Gasteiger partial charge in [-0.15, -0.1) is 0 Å². The molecule has 1 aromatic rings. The Labute approximate surface area is 115 Å². The Bertz CT molecular complexity index is 366. The molecule has 0 spiro atoms. The van der Waals surface area contributed by atoms with Gasteiger partial charge in [0.1, 0.15) is 0 Å². The number of anilines is 1. The lowest BCUT2D eigenvalue weighted by atomic mass is 10.2. The lowest BCUT2D eigenvalue weighted by Gasteiger charge is -2.16. The Morgan fingerprint density at radius 2 is 1.89 bits per heavy atom. The van der Waals surface area contributed by atoms with Gasteiger partial charge in [-0.3, -0.25) is 4.79 Å². The summed E-state index contributed by atoms with van der Waals surface area (Å²) in [6, 6.07) is 10.0. The van der Waals surface area contributed by atoms with Crippen molar-refractivity contribution < 1.29 is 9.53 Å². The number of benzene rings is 1. The second-order valence-electron chi connectivity index (χ2n) is 4.89. The molecule has 0 radical (unpaired) electrons. The van der Waals surface area contributed by atoms with Crippen LogP contribution in [0.3, 0.4) is 0 Å². The number of rotatable bonds is 8. The van der Waals surface area contributed by atoms with Gasteiger partial charge in [0.15, 0.2) is 0 Å². The minimum Gasteiger partial charge on any atom is -0.383 e. The molecule has 1 rings (SSSR count). The third-order valence-electron chi connectivity index (χ3n) is 2.57. The van der Waals surface area contributed by atoms with Gasteiger partial charge in [0, 0.05) is 24.7 Å². The van der Waals surface area contributed by atoms with E-state index in [-0.39, 0.29) is 18.1 Å². The highest BCUT2D eigenvalue weighted by Gasteiger charge is 2.07. The van der Waals surface area contributed by atoms with Crippen molar-refractivity contribution in [2.45, 2.75) is 39.3 Å². The molecule has 4 heteroatoms. The van der Waals surface area contributed by atoms with Gasteiger partial charge in [-0.05, 0) is 32.9 Å². The molecule has 0 fully saturated rings. The van der Waals surface area contributed by atoms with E-state index in [1.165, 1.54) is 0 Å². The predicted molar refractivity (Wildman–Crippen MR) is 78.2 cm³/mol. The number of amides is 1. The Morgan fingerprint density at radius 1 is 1.21 bits per heavy atom. The SMILES string of the molecule is CC(CNc1ccccc1)NC(=O)CCOC(C)C. The lowest BCUT2D eigenvalue weighted by molar-refractivity contribution is -0.123. The normalized spacial score (nSPS) is 12.2. The van der Waals surface area contributed by atoms with Crippen LogP contribution >= 0.6 is 0 Å². The van der Waals surface area contributed by atoms with Crippen LogP contribution in [0.4, 0.5) is 5.69 Å². The van der Waals surface area contributed by atoms with E-state index >= 15 is 0 Å². The van der Waals surface area contributed by atoms with Crippen molar-refractivity contribution in [3.63, 3.8) is 0 Å². The van der Waals surface area contributed by atoms with Crippen molar-refractivity contribution in [1.82, 2.24) is 5.32 Å². The largest absolute Gasteiger partial charge is 0.383 e. The predicted octanol–water partition coefficient (Wildman–Crippen LogP) is 2.42. The molecular weight excluding hydrogens is 240 g/mol. The Hall–Kier alpha value is -1.55. The Morgan fingerprint density at radius 3 is 2.53 bits per heavy atom. The van der Waals surface area contributed by atoms with E-state index in [9.17, 15) is 4.79 Å². The summed E-state index contributed by atoms with van der Waals surface area (Å²) in [5.41, 5.74) is 1.06. The molecule has 0 aliphatic carbocycles. The maximum Gasteiger partial charge on any atom is 0.222 e. The van der Waals surface area contributed by atoms with E-state index in [4.69, 9.17) is 4.74 Å². The first-order valence-corrected chi connectivity index (χ1v) is 6.78. The number of nitrogens with one attached hydrogen (secondary N) is 2. The molecule has 2 N–H and O–H groups in total. The van der Waals surface area contributed by atoms with Crippen molar-refractivity contribution >= 4 is 11.6 Å². The zero-order chi connectivity index (χ0) is 14.1. The van der Waals surface area contributed by atoms with E-state index in [0.717, 1.165) is 5.69 Å². The van der Waals surface area contributed by atoms with Gasteiger partial charge in [0.05, 0.1) is 12.7 Å². The third kappa shape index (κ3) is 7.47. The van der Waals surface area contributed by atoms with Gasteiger partial charge in [-0.2, -0.15) is 0 Å². The molecule has 0 saturated heterocycles. The molecule has 0 heterocycles. The average Bonchev–Trinajstić information content (AvgIpc) is 2.37. The third-order valence-corrected chi connectivity index (χ3v) is 2.57. The highest BCUT2D eigenvalue weighted by atomic mass is 16.5. The van der Waals surface area contributed by atoms with Gasteiger partial charge < -0.3 is 15.4 Å². The quantitative estimate of drug-likeness (QED) is 0.758. The maximum atomic E-state index is 11.6. The van der Waals surface area contributed by atoms with Crippen molar-refractivity contribution in [2.24, 2.45) is 0 Å². The van der Waals surface area contributed by atoms with E-state index in [0.29, 0.717) is 19.6 Å². The number of ether oxygens (including phenoxy) is 1. The molecule has 0 aromatic heterocycles. The molecule has 0 saturated carbocycles. The number of carbonyl (C=O) groups is 1. The summed E-state index contributed by atoms with van der Waals surface area (Å²) in [5, 5.41) is 6.22. The summed E-state index contributed by atoms with van der Waals surface area (Å²) in [7, 11) is 0. The van der Waals surface area contributed by atoms with Crippen LogP contribution in [-0.4, -0.2) is 31.2 Å². The van der Waals surface area contributed by atoms with E-state index < -0.39 is 0 Å². The van der Waals surface area contributed by atoms with Crippen LogP contribution < -0.4 is 10.6 Å². The second kappa shape index (κ2) is 8.53. The van der Waals surface area contributed by atoms with Crippen LogP contribution in [0.5, 0.6) is 0 Å². The molecule has 1 atom stereocenters. The lowest BCUT2D eigenvalue weighted by Crippen LogP contribution is -2.37. The van der Waals surface area contributed by atoms with Crippen LogP contribution in [0.2, 0.25) is 0 Å². The highest BCUT2D eigenvalue weighted by molar-refractivity contribution is 5.76. The zero-order valence-electron chi connectivity index (χ0n) is 12.0. The summed E-state index contributed by atoms with van der Waals surface area (Å²) < 4.78 is 5.35. The molecule has 0 aliphatic rings. The molecule has 19 heavy (non-hydrogen) atoms. The van der Waals surface area contributed by atoms with Crippen molar-refractivity contribution in [3.05, 3.63) is 30.3 Å². The molecule has 1 unspecified atom stereocenters. The minimum absolute atomic E-state index is 0.0306. The maximum absolute atomic E-state index is 11.6. The van der Waals surface area contributed by atoms with Gasteiger partial charge in [0.25, 0.3) is 0 Å². The molecule has 1 amide bonds. The Kier molecular flexibility index (Phi) is 6.97. The zero-order valence-corrected chi connectivity index (χ0v) is 12.0. The van der Waals surface area contributed by atoms with Crippen LogP contribution in [0.25, 0.3) is 0 Å². The summed E-state index contributed by atoms with van der Waals surface area (Å²) in [5.74, 6) is 0.0306. The van der Waals surface area contributed by atoms with Crippen molar-refractivity contribution in [3.8, 4) is 0 Å². The monoisotopic (exact) mass is 264 g/mol. The summed E-state index contributed by atoms with van der Waals surface area (Å²) in [6.07, 6.45) is 0.582. The second-order valence-corrected chi connectivity index (χ2v) is 4.89. The van der Waals surface area contributed by atoms with E-state index in [1.54, 1.807) is 0 Å². The van der Waals surface area contributed by atoms with Crippen molar-refractivity contribution in [2.75, 3.05) is 18.5 Å². The van der Waals surface area contributed by atoms with Crippen LogP contribution in [0, 0.1) is 0 Å². The number of para-hydroxylation sites is 1. The first-order chi connectivity index (χ1) is 9.08. The van der Waals surface area contributed by atoms with Gasteiger partial charge in [0.2, 0.25) is 5.91 Å². The smallest absolute Gasteiger partial charge is 0.222 e. The molecule has 106 valence electrons. The summed E-state index contributed by atoms with van der Waals surface area (Å²) in [6.45, 7) is 7.09. The van der Waals surface area contributed by atoms with Gasteiger partial charge in [-0.25, -0.2) is 0 Å². The average molecular weight is 264 g/mol. The molecular formula is C15H24N2O2. The van der Waals surface area contributed by atoms with Crippen LogP contribution in [0.1, 0.15) is 27.2 Å². The van der Waals surface area contributed by atoms with Gasteiger partial charge >= 0.3 is 0 Å². The van der Waals surface area contributed by atoms with Crippen LogP contribution in [-0.2, 0) is 9.53 Å². The summed E-state index contributed by atoms with van der Waals surface area (Å²) >= 11 is 0. The molecule has 0 bridgehead atoms. The van der Waals surface area contributed by atoms with Crippen LogP contribution in [0.15, 0.2) is 30.3 Å². The first-order valence-electron chi connectivity index (χ1n) is 6.78. The number of carbonyl (C=O) groups excluding carboxylic acids is 1. The molecule has 4 nitrogen and oxygen atoms in total. The Balaban J connectivity index is 2.16. The highest BCUT2D eigenvalue weighted by Crippen LogP contribution is 2.04. The van der Waals surface area contributed by atoms with E-state index in [2.05, 4.69) is 10.6 Å². The number of hydrogen-bond donors (Lipinski definition) is 2.